The van der Waals surface area contributed by atoms with Crippen LogP contribution >= 0.6 is 0 Å². The van der Waals surface area contributed by atoms with E-state index in [1.807, 2.05) is 0 Å². The van der Waals surface area contributed by atoms with E-state index >= 15 is 0 Å². The molecule has 2 aliphatic rings. The van der Waals surface area contributed by atoms with Crippen molar-refractivity contribution in [2.24, 2.45) is 5.92 Å². The Morgan fingerprint density at radius 1 is 0.844 bits per heavy atom. The second kappa shape index (κ2) is 14.8. The molecule has 0 fully saturated rings. The van der Waals surface area contributed by atoms with Crippen LogP contribution in [0.15, 0.2) is 101 Å². The van der Waals surface area contributed by atoms with Crippen molar-refractivity contribution in [1.29, 1.82) is 0 Å². The molecule has 3 heteroatoms. The summed E-state index contributed by atoms with van der Waals surface area (Å²) in [6, 6.07) is 21.1. The molecule has 0 saturated carbocycles. The van der Waals surface area contributed by atoms with Gasteiger partial charge in [0.2, 0.25) is 0 Å². The van der Waals surface area contributed by atoms with Crippen molar-refractivity contribution < 1.29 is 49.0 Å². The van der Waals surface area contributed by atoms with E-state index in [-0.39, 0.29) is 24.8 Å². The third-order valence-corrected chi connectivity index (χ3v) is 7.22. The fourth-order valence-electron chi connectivity index (χ4n) is 4.26. The van der Waals surface area contributed by atoms with Crippen LogP contribution in [0.3, 0.4) is 0 Å². The van der Waals surface area contributed by atoms with Crippen molar-refractivity contribution >= 4 is 3.21 Å². The minimum absolute atomic E-state index is 0. The molecule has 4 rings (SSSR count). The summed E-state index contributed by atoms with van der Waals surface area (Å²) in [4.78, 5) is 0. The Morgan fingerprint density at radius 2 is 1.41 bits per heavy atom. The van der Waals surface area contributed by atoms with Crippen LogP contribution in [0, 0.1) is 12.0 Å². The van der Waals surface area contributed by atoms with Crippen LogP contribution in [-0.2, 0) is 24.2 Å². The maximum atomic E-state index is 3.72. The average molecular weight is 542 g/mol. The van der Waals surface area contributed by atoms with Gasteiger partial charge in [0.25, 0.3) is 0 Å². The van der Waals surface area contributed by atoms with Crippen LogP contribution < -0.4 is 24.8 Å². The van der Waals surface area contributed by atoms with Gasteiger partial charge in [0.15, 0.2) is 0 Å². The van der Waals surface area contributed by atoms with Gasteiger partial charge in [-0.2, -0.15) is 11.1 Å². The van der Waals surface area contributed by atoms with Gasteiger partial charge in [0.05, 0.1) is 0 Å². The Hall–Kier alpha value is -1.27. The first kappa shape index (κ1) is 28.8. The number of rotatable bonds is 6. The van der Waals surface area contributed by atoms with Gasteiger partial charge in [-0.1, -0.05) is 69.8 Å². The molecule has 0 amide bonds. The van der Waals surface area contributed by atoms with E-state index in [9.17, 15) is 0 Å². The summed E-state index contributed by atoms with van der Waals surface area (Å²) in [6.45, 7) is 6.79. The second-order valence-electron chi connectivity index (χ2n) is 7.60. The molecule has 0 nitrogen and oxygen atoms in total. The van der Waals surface area contributed by atoms with Gasteiger partial charge in [0.1, 0.15) is 0 Å². The van der Waals surface area contributed by atoms with Gasteiger partial charge < -0.3 is 24.8 Å². The molecule has 32 heavy (non-hydrogen) atoms. The van der Waals surface area contributed by atoms with Crippen LogP contribution in [0.25, 0.3) is 0 Å². The molecule has 0 spiro atoms. The molecular weight excluding hydrogens is 510 g/mol. The van der Waals surface area contributed by atoms with Crippen LogP contribution in [0.1, 0.15) is 57.6 Å². The second-order valence-corrected chi connectivity index (χ2v) is 8.83. The van der Waals surface area contributed by atoms with Gasteiger partial charge in [-0.3, -0.25) is 6.08 Å². The molecular formula is C29H31Cl2Zr-. The van der Waals surface area contributed by atoms with E-state index in [1.165, 1.54) is 56.1 Å². The Morgan fingerprint density at radius 3 is 1.81 bits per heavy atom. The molecule has 2 aromatic carbocycles. The van der Waals surface area contributed by atoms with Gasteiger partial charge in [-0.25, -0.2) is 5.57 Å². The first-order valence-corrected chi connectivity index (χ1v) is 12.3. The van der Waals surface area contributed by atoms with Crippen LogP contribution in [0.2, 0.25) is 0 Å². The SMILES string of the molecule is CCC1=[C-]C(C2=CC=CC2)C(CC)=C1CC.[Cl-].[Cl-].[Zr+2]=[C](c1ccccc1)c1ccccc1. The zero-order valence-electron chi connectivity index (χ0n) is 19.2. The first-order chi connectivity index (χ1) is 14.7. The van der Waals surface area contributed by atoms with E-state index in [4.69, 9.17) is 0 Å². The Labute approximate surface area is 221 Å². The van der Waals surface area contributed by atoms with E-state index < -0.39 is 0 Å². The number of hydrogen-bond donors (Lipinski definition) is 0. The van der Waals surface area contributed by atoms with Crippen molar-refractivity contribution in [3.8, 4) is 0 Å². The van der Waals surface area contributed by atoms with Crippen molar-refractivity contribution in [1.82, 2.24) is 0 Å². The predicted octanol–water partition coefficient (Wildman–Crippen LogP) is 1.57. The molecule has 2 aliphatic carbocycles. The van der Waals surface area contributed by atoms with Crippen molar-refractivity contribution in [2.75, 3.05) is 0 Å². The zero-order valence-corrected chi connectivity index (χ0v) is 23.1. The third kappa shape index (κ3) is 7.11. The van der Waals surface area contributed by atoms with Gasteiger partial charge in [-0.15, -0.1) is 0 Å². The summed E-state index contributed by atoms with van der Waals surface area (Å²) in [5.41, 5.74) is 8.87. The Balaban J connectivity index is 0.000000303. The molecule has 0 aliphatic heterocycles. The summed E-state index contributed by atoms with van der Waals surface area (Å²) < 4.78 is 1.42. The van der Waals surface area contributed by atoms with Crippen molar-refractivity contribution in [2.45, 2.75) is 46.5 Å². The van der Waals surface area contributed by atoms with E-state index in [1.54, 1.807) is 11.1 Å². The number of benzene rings is 2. The molecule has 0 saturated heterocycles. The summed E-state index contributed by atoms with van der Waals surface area (Å²) in [5.74, 6) is 0.491. The Bertz CT molecular complexity index is 941. The first-order valence-electron chi connectivity index (χ1n) is 11.1. The molecule has 0 bridgehead atoms. The molecule has 1 atom stereocenters. The number of hydrogen-bond acceptors (Lipinski definition) is 0. The monoisotopic (exact) mass is 539 g/mol. The summed E-state index contributed by atoms with van der Waals surface area (Å²) >= 11 is 1.46. The van der Waals surface area contributed by atoms with E-state index in [0.29, 0.717) is 5.92 Å². The van der Waals surface area contributed by atoms with E-state index in [0.717, 1.165) is 19.3 Å². The molecule has 0 aromatic heterocycles. The normalized spacial score (nSPS) is 16.3. The Kier molecular flexibility index (Phi) is 13.3. The molecule has 0 radical (unpaired) electrons. The topological polar surface area (TPSA) is 0 Å². The fourth-order valence-corrected chi connectivity index (χ4v) is 5.08. The van der Waals surface area contributed by atoms with Crippen molar-refractivity contribution in [3.05, 3.63) is 118 Å². The van der Waals surface area contributed by atoms with Gasteiger partial charge in [0, 0.05) is 0 Å². The van der Waals surface area contributed by atoms with Crippen LogP contribution in [0.5, 0.6) is 0 Å². The molecule has 1 unspecified atom stereocenters. The van der Waals surface area contributed by atoms with Crippen molar-refractivity contribution in [3.63, 3.8) is 0 Å². The third-order valence-electron chi connectivity index (χ3n) is 5.80. The standard InChI is InChI=1S/C16H21.C13H10.2ClH.Zr/c1-4-12-11-16(13-9-7-8-10-13)15(6-3)14(12)5-2;1-3-7-12(8-4-1)11-13-9-5-2-6-10-13;;;/h7-9,16H,4-6,10H2,1-3H3;1-10H;2*1H;/q-1;;;;+2/p-2. The molecule has 166 valence electrons. The number of halogens is 2. The molecule has 2 aromatic rings. The molecule has 0 N–H and O–H groups in total. The zero-order chi connectivity index (χ0) is 21.3. The van der Waals surface area contributed by atoms with Crippen LogP contribution in [0.4, 0.5) is 0 Å². The quantitative estimate of drug-likeness (QED) is 0.488. The maximum absolute atomic E-state index is 3.72. The fraction of sp³-hybridized carbons (Fsp3) is 0.276. The minimum atomic E-state index is 0. The average Bonchev–Trinajstić information content (AvgIpc) is 3.47. The van der Waals surface area contributed by atoms with Crippen LogP contribution in [-0.4, -0.2) is 3.21 Å². The number of allylic oxidation sites excluding steroid dienone is 8. The predicted molar refractivity (Wildman–Crippen MR) is 126 cm³/mol. The van der Waals surface area contributed by atoms with E-state index in [2.05, 4.69) is 106 Å². The summed E-state index contributed by atoms with van der Waals surface area (Å²) in [6.07, 6.45) is 15.0. The summed E-state index contributed by atoms with van der Waals surface area (Å²) in [5, 5.41) is 0. The summed E-state index contributed by atoms with van der Waals surface area (Å²) in [7, 11) is 0. The van der Waals surface area contributed by atoms with Gasteiger partial charge >= 0.3 is 99.2 Å². The molecule has 0 heterocycles. The van der Waals surface area contributed by atoms with Gasteiger partial charge in [-0.05, 0) is 6.42 Å².